The largest absolute Gasteiger partial charge is 0.324 e. The van der Waals surface area contributed by atoms with Crippen LogP contribution in [0.3, 0.4) is 0 Å². The van der Waals surface area contributed by atoms with E-state index in [9.17, 15) is 0 Å². The first-order valence-electron chi connectivity index (χ1n) is 5.21. The van der Waals surface area contributed by atoms with Gasteiger partial charge in [0.25, 0.3) is 0 Å². The average Bonchev–Trinajstić information content (AvgIpc) is 2.05. The van der Waals surface area contributed by atoms with Gasteiger partial charge in [-0.3, -0.25) is 0 Å². The lowest BCUT2D eigenvalue weighted by Gasteiger charge is -2.29. The van der Waals surface area contributed by atoms with Gasteiger partial charge in [0.2, 0.25) is 0 Å². The quantitative estimate of drug-likeness (QED) is 0.624. The van der Waals surface area contributed by atoms with E-state index in [0.717, 1.165) is 18.4 Å². The fraction of sp³-hybridized carbons (Fsp3) is 1.00. The molecule has 72 valence electrons. The van der Waals surface area contributed by atoms with Gasteiger partial charge in [-0.25, -0.2) is 0 Å². The van der Waals surface area contributed by atoms with Crippen LogP contribution in [0.1, 0.15) is 34.1 Å². The van der Waals surface area contributed by atoms with E-state index in [0.29, 0.717) is 5.94 Å². The van der Waals surface area contributed by atoms with Gasteiger partial charge in [-0.2, -0.15) is 0 Å². The second-order valence-corrected chi connectivity index (χ2v) is 4.30. The van der Waals surface area contributed by atoms with Crippen LogP contribution < -0.4 is 5.32 Å². The molecule has 0 aliphatic heterocycles. The highest BCUT2D eigenvalue weighted by molar-refractivity contribution is 6.60. The van der Waals surface area contributed by atoms with Crippen molar-refractivity contribution in [3.05, 3.63) is 0 Å². The maximum absolute atomic E-state index is 3.43. The molecular formula is C10H24BN. The predicted molar refractivity (Wildman–Crippen MR) is 59.0 cm³/mol. The first kappa shape index (κ1) is 12.0. The monoisotopic (exact) mass is 169 g/mol. The highest BCUT2D eigenvalue weighted by Gasteiger charge is 2.25. The Balaban J connectivity index is 4.13. The Labute approximate surface area is 78.4 Å². The van der Waals surface area contributed by atoms with Crippen molar-refractivity contribution in [3.63, 3.8) is 0 Å². The maximum atomic E-state index is 3.43. The highest BCUT2D eigenvalue weighted by atomic mass is 14.9. The van der Waals surface area contributed by atoms with Crippen LogP contribution in [0.25, 0.3) is 0 Å². The molecule has 1 unspecified atom stereocenters. The zero-order valence-corrected chi connectivity index (χ0v) is 9.52. The average molecular weight is 169 g/mol. The first-order valence-corrected chi connectivity index (χ1v) is 5.21. The Morgan fingerprint density at radius 2 is 1.75 bits per heavy atom. The molecule has 0 aliphatic carbocycles. The van der Waals surface area contributed by atoms with E-state index < -0.39 is 0 Å². The lowest BCUT2D eigenvalue weighted by atomic mass is 9.37. The molecule has 0 aliphatic rings. The van der Waals surface area contributed by atoms with E-state index in [1.54, 1.807) is 0 Å². The van der Waals surface area contributed by atoms with Gasteiger partial charge in [-0.05, 0) is 18.9 Å². The third kappa shape index (κ3) is 3.18. The van der Waals surface area contributed by atoms with Gasteiger partial charge in [0.05, 0.1) is 0 Å². The molecular weight excluding hydrogens is 145 g/mol. The van der Waals surface area contributed by atoms with Crippen LogP contribution in [0, 0.1) is 5.92 Å². The Morgan fingerprint density at radius 3 is 2.00 bits per heavy atom. The van der Waals surface area contributed by atoms with Gasteiger partial charge >= 0.3 is 0 Å². The van der Waals surface area contributed by atoms with Crippen LogP contribution in [0.4, 0.5) is 0 Å². The Bertz CT molecular complexity index is 114. The maximum Gasteiger partial charge on any atom is 0.160 e. The smallest absolute Gasteiger partial charge is 0.160 e. The molecule has 0 amide bonds. The van der Waals surface area contributed by atoms with E-state index in [2.05, 4.69) is 46.9 Å². The van der Waals surface area contributed by atoms with Crippen molar-refractivity contribution in [2.24, 2.45) is 5.92 Å². The third-order valence-corrected chi connectivity index (χ3v) is 3.21. The van der Waals surface area contributed by atoms with Gasteiger partial charge in [-0.15, -0.1) is 0 Å². The molecule has 0 saturated heterocycles. The number of hydrogen-bond donors (Lipinski definition) is 1. The number of nitrogens with one attached hydrogen (secondary N) is 1. The molecule has 0 radical (unpaired) electrons. The Kier molecular flexibility index (Phi) is 5.64. The molecule has 0 heterocycles. The summed E-state index contributed by atoms with van der Waals surface area (Å²) in [4.78, 5) is 0. The van der Waals surface area contributed by atoms with Crippen molar-refractivity contribution in [2.45, 2.75) is 52.7 Å². The molecule has 0 fully saturated rings. The normalized spacial score (nSPS) is 16.2. The highest BCUT2D eigenvalue weighted by Crippen LogP contribution is 2.18. The second kappa shape index (κ2) is 5.63. The van der Waals surface area contributed by atoms with E-state index in [1.165, 1.54) is 6.42 Å². The molecule has 1 nitrogen and oxygen atoms in total. The topological polar surface area (TPSA) is 12.0 Å². The van der Waals surface area contributed by atoms with Gasteiger partial charge in [-0.1, -0.05) is 46.8 Å². The van der Waals surface area contributed by atoms with Crippen molar-refractivity contribution in [1.29, 1.82) is 0 Å². The molecule has 0 aromatic heterocycles. The molecule has 1 N–H and O–H groups in total. The van der Waals surface area contributed by atoms with Crippen LogP contribution in [0.5, 0.6) is 0 Å². The molecule has 0 aromatic carbocycles. The summed E-state index contributed by atoms with van der Waals surface area (Å²) in [6.07, 6.45) is 1.27. The number of hydrogen-bond acceptors (Lipinski definition) is 1. The summed E-state index contributed by atoms with van der Waals surface area (Å²) in [5, 5.41) is 3.43. The van der Waals surface area contributed by atoms with E-state index in [-0.39, 0.29) is 0 Å². The SMILES string of the molecule is CCC(C)[C@H](NC)B(C)C(C)C. The Morgan fingerprint density at radius 1 is 1.25 bits per heavy atom. The van der Waals surface area contributed by atoms with Crippen molar-refractivity contribution < 1.29 is 0 Å². The zero-order valence-electron chi connectivity index (χ0n) is 9.52. The van der Waals surface area contributed by atoms with Gasteiger partial charge < -0.3 is 5.32 Å². The lowest BCUT2D eigenvalue weighted by Crippen LogP contribution is -2.45. The lowest BCUT2D eigenvalue weighted by molar-refractivity contribution is 0.472. The minimum absolute atomic E-state index is 0.676. The molecule has 0 saturated carbocycles. The number of rotatable bonds is 5. The summed E-state index contributed by atoms with van der Waals surface area (Å²) >= 11 is 0. The zero-order chi connectivity index (χ0) is 9.72. The molecule has 0 bridgehead atoms. The second-order valence-electron chi connectivity index (χ2n) is 4.30. The molecule has 0 rings (SSSR count). The third-order valence-electron chi connectivity index (χ3n) is 3.21. The van der Waals surface area contributed by atoms with Crippen molar-refractivity contribution >= 4 is 6.71 Å². The first-order chi connectivity index (χ1) is 5.54. The summed E-state index contributed by atoms with van der Waals surface area (Å²) in [5.74, 6) is 2.24. The standard InChI is InChI=1S/C10H24BN/c1-7-9(4)10(12-6)11(5)8(2)3/h8-10,12H,7H2,1-6H3/t9?,10-/m0/s1. The van der Waals surface area contributed by atoms with Crippen molar-refractivity contribution in [2.75, 3.05) is 7.05 Å². The van der Waals surface area contributed by atoms with E-state index >= 15 is 0 Å². The summed E-state index contributed by atoms with van der Waals surface area (Å²) in [6.45, 7) is 12.3. The van der Waals surface area contributed by atoms with Crippen molar-refractivity contribution in [3.8, 4) is 0 Å². The van der Waals surface area contributed by atoms with Crippen LogP contribution in [0.15, 0.2) is 0 Å². The summed E-state index contributed by atoms with van der Waals surface area (Å²) < 4.78 is 0. The summed E-state index contributed by atoms with van der Waals surface area (Å²) in [6, 6.07) is 0. The summed E-state index contributed by atoms with van der Waals surface area (Å²) in [5.41, 5.74) is 0. The van der Waals surface area contributed by atoms with Crippen LogP contribution in [-0.4, -0.2) is 19.7 Å². The van der Waals surface area contributed by atoms with Gasteiger partial charge in [0.15, 0.2) is 6.71 Å². The molecule has 2 atom stereocenters. The molecule has 12 heavy (non-hydrogen) atoms. The van der Waals surface area contributed by atoms with Crippen LogP contribution in [-0.2, 0) is 0 Å². The van der Waals surface area contributed by atoms with Gasteiger partial charge in [0.1, 0.15) is 0 Å². The molecule has 0 aromatic rings. The van der Waals surface area contributed by atoms with Crippen LogP contribution in [0.2, 0.25) is 12.6 Å². The van der Waals surface area contributed by atoms with E-state index in [4.69, 9.17) is 0 Å². The van der Waals surface area contributed by atoms with Crippen molar-refractivity contribution in [1.82, 2.24) is 5.32 Å². The fourth-order valence-corrected chi connectivity index (χ4v) is 1.73. The molecule has 0 spiro atoms. The molecule has 2 heteroatoms. The van der Waals surface area contributed by atoms with Crippen LogP contribution >= 0.6 is 0 Å². The van der Waals surface area contributed by atoms with Gasteiger partial charge in [0, 0.05) is 0 Å². The fourth-order valence-electron chi connectivity index (χ4n) is 1.73. The minimum atomic E-state index is 0.676. The van der Waals surface area contributed by atoms with E-state index in [1.807, 2.05) is 0 Å². The Hall–Kier alpha value is 0.0249. The summed E-state index contributed by atoms with van der Waals surface area (Å²) in [7, 11) is 2.08. The predicted octanol–water partition coefficient (Wildman–Crippen LogP) is 2.69. The minimum Gasteiger partial charge on any atom is -0.324 e.